The van der Waals surface area contributed by atoms with Crippen LogP contribution in [0.1, 0.15) is 27.7 Å². The SMILES string of the molecule is CCc1ccccc1N(C)C(=O)c1cc2c(s1)-c1ccccc1S(=O)(=O)C2. The highest BCUT2D eigenvalue weighted by Crippen LogP contribution is 2.43. The predicted molar refractivity (Wildman–Crippen MR) is 109 cm³/mol. The first-order valence-corrected chi connectivity index (χ1v) is 11.2. The minimum Gasteiger partial charge on any atom is -0.310 e. The summed E-state index contributed by atoms with van der Waals surface area (Å²) in [5, 5.41) is 0. The molecule has 0 atom stereocenters. The Morgan fingerprint density at radius 1 is 1.11 bits per heavy atom. The summed E-state index contributed by atoms with van der Waals surface area (Å²) in [6.07, 6.45) is 0.834. The van der Waals surface area contributed by atoms with Crippen molar-refractivity contribution >= 4 is 32.8 Å². The molecule has 0 N–H and O–H groups in total. The molecule has 6 heteroatoms. The Hall–Kier alpha value is -2.44. The molecule has 0 fully saturated rings. The van der Waals surface area contributed by atoms with Crippen molar-refractivity contribution in [3.05, 3.63) is 70.6 Å². The van der Waals surface area contributed by atoms with E-state index in [4.69, 9.17) is 0 Å². The molecule has 1 aliphatic rings. The van der Waals surface area contributed by atoms with Crippen LogP contribution in [0, 0.1) is 0 Å². The van der Waals surface area contributed by atoms with Crippen molar-refractivity contribution < 1.29 is 13.2 Å². The number of nitrogens with zero attached hydrogens (tertiary/aromatic N) is 1. The summed E-state index contributed by atoms with van der Waals surface area (Å²) in [5.41, 5.74) is 3.38. The predicted octanol–water partition coefficient (Wildman–Crippen LogP) is 4.54. The van der Waals surface area contributed by atoms with Crippen LogP contribution in [0.25, 0.3) is 10.4 Å². The van der Waals surface area contributed by atoms with E-state index >= 15 is 0 Å². The Kier molecular flexibility index (Phi) is 4.40. The average molecular weight is 398 g/mol. The average Bonchev–Trinajstić information content (AvgIpc) is 3.10. The van der Waals surface area contributed by atoms with Crippen LogP contribution in [-0.4, -0.2) is 21.4 Å². The summed E-state index contributed by atoms with van der Waals surface area (Å²) >= 11 is 1.37. The molecule has 0 unspecified atom stereocenters. The molecule has 1 aromatic heterocycles. The molecule has 0 saturated heterocycles. The molecule has 27 heavy (non-hydrogen) atoms. The third-order valence-corrected chi connectivity index (χ3v) is 7.79. The molecule has 1 amide bonds. The molecule has 0 radical (unpaired) electrons. The topological polar surface area (TPSA) is 54.5 Å². The van der Waals surface area contributed by atoms with Crippen LogP contribution >= 0.6 is 11.3 Å². The van der Waals surface area contributed by atoms with Gasteiger partial charge in [-0.05, 0) is 35.7 Å². The monoisotopic (exact) mass is 397 g/mol. The van der Waals surface area contributed by atoms with Crippen molar-refractivity contribution in [2.24, 2.45) is 0 Å². The fourth-order valence-corrected chi connectivity index (χ4v) is 6.42. The van der Waals surface area contributed by atoms with Crippen LogP contribution in [0.2, 0.25) is 0 Å². The standard InChI is InChI=1S/C21H19NO3S2/c1-3-14-8-4-6-10-17(14)22(2)21(23)18-12-15-13-27(24,25)19-11-7-5-9-16(19)20(15)26-18/h4-12H,3,13H2,1-2H3. The normalized spacial score (nSPS) is 14.3. The molecular weight excluding hydrogens is 378 g/mol. The van der Waals surface area contributed by atoms with Crippen LogP contribution < -0.4 is 4.90 Å². The molecule has 3 aromatic rings. The second kappa shape index (κ2) is 6.62. The number of hydrogen-bond donors (Lipinski definition) is 0. The van der Waals surface area contributed by atoms with E-state index < -0.39 is 9.84 Å². The van der Waals surface area contributed by atoms with Gasteiger partial charge in [0, 0.05) is 23.2 Å². The van der Waals surface area contributed by atoms with Crippen molar-refractivity contribution in [2.45, 2.75) is 24.0 Å². The number of benzene rings is 2. The molecule has 1 aliphatic heterocycles. The molecule has 0 spiro atoms. The minimum absolute atomic E-state index is 0.0572. The molecule has 0 saturated carbocycles. The molecule has 2 aromatic carbocycles. The van der Waals surface area contributed by atoms with Crippen LogP contribution in [0.4, 0.5) is 5.69 Å². The van der Waals surface area contributed by atoms with Gasteiger partial charge in [-0.2, -0.15) is 0 Å². The summed E-state index contributed by atoms with van der Waals surface area (Å²) in [6.45, 7) is 2.06. The summed E-state index contributed by atoms with van der Waals surface area (Å²) < 4.78 is 25.1. The van der Waals surface area contributed by atoms with E-state index in [0.717, 1.165) is 22.5 Å². The number of rotatable bonds is 3. The second-order valence-corrected chi connectivity index (χ2v) is 9.58. The lowest BCUT2D eigenvalue weighted by Gasteiger charge is -2.19. The van der Waals surface area contributed by atoms with Crippen molar-refractivity contribution in [2.75, 3.05) is 11.9 Å². The van der Waals surface area contributed by atoms with Crippen molar-refractivity contribution in [3.63, 3.8) is 0 Å². The fraction of sp³-hybridized carbons (Fsp3) is 0.190. The van der Waals surface area contributed by atoms with E-state index in [1.807, 2.05) is 36.4 Å². The number of fused-ring (bicyclic) bond motifs is 3. The van der Waals surface area contributed by atoms with Crippen molar-refractivity contribution in [1.29, 1.82) is 0 Å². The first-order valence-electron chi connectivity index (χ1n) is 8.73. The smallest absolute Gasteiger partial charge is 0.268 e. The zero-order valence-electron chi connectivity index (χ0n) is 15.1. The van der Waals surface area contributed by atoms with Gasteiger partial charge in [-0.25, -0.2) is 8.42 Å². The number of para-hydroxylation sites is 1. The number of anilines is 1. The lowest BCUT2D eigenvalue weighted by atomic mass is 10.1. The van der Waals surface area contributed by atoms with E-state index in [9.17, 15) is 13.2 Å². The molecule has 4 rings (SSSR count). The van der Waals surface area contributed by atoms with E-state index in [1.54, 1.807) is 30.1 Å². The summed E-state index contributed by atoms with van der Waals surface area (Å²) in [5.74, 6) is -0.177. The van der Waals surface area contributed by atoms with E-state index in [1.165, 1.54) is 11.3 Å². The first kappa shape index (κ1) is 17.9. The number of hydrogen-bond acceptors (Lipinski definition) is 4. The third-order valence-electron chi connectivity index (χ3n) is 4.87. The van der Waals surface area contributed by atoms with Gasteiger partial charge in [0.15, 0.2) is 9.84 Å². The van der Waals surface area contributed by atoms with Gasteiger partial charge in [0.2, 0.25) is 0 Å². The maximum absolute atomic E-state index is 13.1. The molecule has 2 heterocycles. The molecule has 0 aliphatic carbocycles. The van der Waals surface area contributed by atoms with Gasteiger partial charge >= 0.3 is 0 Å². The van der Waals surface area contributed by atoms with Crippen LogP contribution in [0.5, 0.6) is 0 Å². The summed E-state index contributed by atoms with van der Waals surface area (Å²) in [7, 11) is -1.61. The van der Waals surface area contributed by atoms with E-state index in [2.05, 4.69) is 6.92 Å². The Labute approximate surface area is 163 Å². The molecule has 0 bridgehead atoms. The third kappa shape index (κ3) is 2.99. The summed E-state index contributed by atoms with van der Waals surface area (Å²) in [6, 6.07) is 16.6. The van der Waals surface area contributed by atoms with E-state index in [-0.39, 0.29) is 11.7 Å². The minimum atomic E-state index is -3.37. The Bertz CT molecular complexity index is 1150. The molecule has 4 nitrogen and oxygen atoms in total. The van der Waals surface area contributed by atoms with Gasteiger partial charge in [-0.15, -0.1) is 11.3 Å². The zero-order chi connectivity index (χ0) is 19.2. The highest BCUT2D eigenvalue weighted by Gasteiger charge is 2.31. The van der Waals surface area contributed by atoms with Gasteiger partial charge in [0.1, 0.15) is 0 Å². The van der Waals surface area contributed by atoms with Gasteiger partial charge in [-0.1, -0.05) is 43.3 Å². The zero-order valence-corrected chi connectivity index (χ0v) is 16.7. The Morgan fingerprint density at radius 2 is 1.81 bits per heavy atom. The first-order chi connectivity index (χ1) is 12.9. The number of sulfone groups is 1. The Balaban J connectivity index is 1.76. The van der Waals surface area contributed by atoms with Crippen LogP contribution in [0.15, 0.2) is 59.5 Å². The maximum Gasteiger partial charge on any atom is 0.268 e. The van der Waals surface area contributed by atoms with Gasteiger partial charge < -0.3 is 4.90 Å². The highest BCUT2D eigenvalue weighted by molar-refractivity contribution is 7.91. The lowest BCUT2D eigenvalue weighted by molar-refractivity contribution is 0.0996. The van der Waals surface area contributed by atoms with Gasteiger partial charge in [0.05, 0.1) is 15.5 Å². The summed E-state index contributed by atoms with van der Waals surface area (Å²) in [4.78, 5) is 16.5. The fourth-order valence-electron chi connectivity index (χ4n) is 3.49. The van der Waals surface area contributed by atoms with Crippen LogP contribution in [-0.2, 0) is 22.0 Å². The van der Waals surface area contributed by atoms with Crippen LogP contribution in [0.3, 0.4) is 0 Å². The quantitative estimate of drug-likeness (QED) is 0.652. The largest absolute Gasteiger partial charge is 0.310 e. The molecule has 138 valence electrons. The number of thiophene rings is 1. The van der Waals surface area contributed by atoms with Gasteiger partial charge in [0.25, 0.3) is 5.91 Å². The number of carbonyl (C=O) groups is 1. The van der Waals surface area contributed by atoms with E-state index in [0.29, 0.717) is 20.9 Å². The van der Waals surface area contributed by atoms with Gasteiger partial charge in [-0.3, -0.25) is 4.79 Å². The second-order valence-electron chi connectivity index (χ2n) is 6.57. The highest BCUT2D eigenvalue weighted by atomic mass is 32.2. The number of aryl methyl sites for hydroxylation is 1. The maximum atomic E-state index is 13.1. The molecular formula is C21H19NO3S2. The number of amides is 1. The lowest BCUT2D eigenvalue weighted by Crippen LogP contribution is -2.26. The Morgan fingerprint density at radius 3 is 2.59 bits per heavy atom. The van der Waals surface area contributed by atoms with Crippen molar-refractivity contribution in [1.82, 2.24) is 0 Å². The van der Waals surface area contributed by atoms with Crippen molar-refractivity contribution in [3.8, 4) is 10.4 Å². The number of carbonyl (C=O) groups excluding carboxylic acids is 1.